The second-order valence-corrected chi connectivity index (χ2v) is 7.65. The predicted octanol–water partition coefficient (Wildman–Crippen LogP) is 2.73. The fraction of sp³-hybridized carbons (Fsp3) is 0.391. The van der Waals surface area contributed by atoms with Gasteiger partial charge in [-0.15, -0.1) is 0 Å². The molecule has 2 aromatic carbocycles. The van der Waals surface area contributed by atoms with E-state index in [9.17, 15) is 4.79 Å². The SMILES string of the molecule is CON=C1c2cc3c(cc2[C@@H](c2cc(OC)c(OC)c(OC)c2)[C@H]2C(=O)OC[C@H]12)OCO3. The zero-order valence-electron chi connectivity index (χ0n) is 18.2. The third kappa shape index (κ3) is 2.91. The Hall–Kier alpha value is -3.62. The number of cyclic esters (lactones) is 1. The highest BCUT2D eigenvalue weighted by Crippen LogP contribution is 2.52. The van der Waals surface area contributed by atoms with E-state index in [1.807, 2.05) is 24.3 Å². The highest BCUT2D eigenvalue weighted by Gasteiger charge is 2.51. The van der Waals surface area contributed by atoms with Crippen molar-refractivity contribution in [1.82, 2.24) is 0 Å². The summed E-state index contributed by atoms with van der Waals surface area (Å²) in [6, 6.07) is 7.51. The highest BCUT2D eigenvalue weighted by atomic mass is 16.7. The van der Waals surface area contributed by atoms with Crippen molar-refractivity contribution in [2.24, 2.45) is 17.0 Å². The molecule has 1 fully saturated rings. The van der Waals surface area contributed by atoms with Crippen molar-refractivity contribution in [3.63, 3.8) is 0 Å². The van der Waals surface area contributed by atoms with E-state index < -0.39 is 5.92 Å². The number of oxime groups is 1. The lowest BCUT2D eigenvalue weighted by molar-refractivity contribution is -0.141. The topological polar surface area (TPSA) is 94.0 Å². The molecule has 1 aliphatic carbocycles. The standard InChI is InChI=1S/C23H23NO8/c1-26-17-5-11(6-18(27-2)22(17)28-3)19-12-7-15-16(32-10-31-15)8-13(12)21(24-29-4)14-9-30-23(25)20(14)19/h5-8,14,19-20H,9-10H2,1-4H3/t14-,19+,20-/m0/s1. The van der Waals surface area contributed by atoms with E-state index >= 15 is 0 Å². The minimum atomic E-state index is -0.500. The summed E-state index contributed by atoms with van der Waals surface area (Å²) in [5.74, 6) is 1.30. The molecule has 9 nitrogen and oxygen atoms in total. The Bertz CT molecular complexity index is 1090. The molecule has 168 valence electrons. The molecule has 0 aromatic heterocycles. The van der Waals surface area contributed by atoms with Gasteiger partial charge in [0.2, 0.25) is 12.5 Å². The molecule has 9 heteroatoms. The lowest BCUT2D eigenvalue weighted by Gasteiger charge is -2.34. The predicted molar refractivity (Wildman–Crippen MR) is 112 cm³/mol. The molecular formula is C23H23NO8. The van der Waals surface area contributed by atoms with Crippen LogP contribution in [0.1, 0.15) is 22.6 Å². The molecular weight excluding hydrogens is 418 g/mol. The van der Waals surface area contributed by atoms with E-state index in [2.05, 4.69) is 5.16 Å². The minimum absolute atomic E-state index is 0.138. The van der Waals surface area contributed by atoms with Crippen LogP contribution in [-0.4, -0.2) is 53.5 Å². The number of hydrogen-bond acceptors (Lipinski definition) is 9. The Morgan fingerprint density at radius 2 is 1.59 bits per heavy atom. The van der Waals surface area contributed by atoms with Gasteiger partial charge in [-0.05, 0) is 35.4 Å². The Kier molecular flexibility index (Phi) is 4.96. The van der Waals surface area contributed by atoms with Gasteiger partial charge >= 0.3 is 5.97 Å². The van der Waals surface area contributed by atoms with Crippen molar-refractivity contribution in [1.29, 1.82) is 0 Å². The van der Waals surface area contributed by atoms with E-state index in [4.69, 9.17) is 33.3 Å². The number of esters is 1. The lowest BCUT2D eigenvalue weighted by atomic mass is 9.66. The van der Waals surface area contributed by atoms with E-state index in [0.717, 1.165) is 16.7 Å². The number of hydrogen-bond donors (Lipinski definition) is 0. The summed E-state index contributed by atoms with van der Waals surface area (Å²) in [5, 5.41) is 4.27. The maximum absolute atomic E-state index is 13.0. The second-order valence-electron chi connectivity index (χ2n) is 7.65. The summed E-state index contributed by atoms with van der Waals surface area (Å²) in [6.07, 6.45) is 0. The first-order valence-electron chi connectivity index (χ1n) is 10.1. The molecule has 0 saturated carbocycles. The van der Waals surface area contributed by atoms with Crippen LogP contribution in [0, 0.1) is 11.8 Å². The molecule has 3 aliphatic rings. The molecule has 32 heavy (non-hydrogen) atoms. The van der Waals surface area contributed by atoms with Crippen LogP contribution in [0.4, 0.5) is 0 Å². The second kappa shape index (κ2) is 7.81. The van der Waals surface area contributed by atoms with Crippen LogP contribution in [0.15, 0.2) is 29.4 Å². The van der Waals surface area contributed by atoms with Crippen LogP contribution in [0.5, 0.6) is 28.7 Å². The van der Waals surface area contributed by atoms with E-state index in [0.29, 0.717) is 34.5 Å². The van der Waals surface area contributed by atoms with Crippen LogP contribution in [0.25, 0.3) is 0 Å². The molecule has 0 amide bonds. The van der Waals surface area contributed by atoms with Gasteiger partial charge in [0.05, 0.1) is 38.9 Å². The molecule has 0 unspecified atom stereocenters. The molecule has 0 radical (unpaired) electrons. The molecule has 2 aromatic rings. The quantitative estimate of drug-likeness (QED) is 0.517. The Morgan fingerprint density at radius 3 is 2.22 bits per heavy atom. The first kappa shape index (κ1) is 20.3. The Morgan fingerprint density at radius 1 is 0.906 bits per heavy atom. The summed E-state index contributed by atoms with van der Waals surface area (Å²) < 4.78 is 33.3. The maximum Gasteiger partial charge on any atom is 0.310 e. The number of carbonyl (C=O) groups is 1. The summed E-state index contributed by atoms with van der Waals surface area (Å²) in [6.45, 7) is 0.360. The number of rotatable bonds is 5. The third-order valence-corrected chi connectivity index (χ3v) is 6.21. The van der Waals surface area contributed by atoms with Crippen LogP contribution >= 0.6 is 0 Å². The molecule has 0 bridgehead atoms. The zero-order valence-corrected chi connectivity index (χ0v) is 18.2. The molecule has 5 rings (SSSR count). The fourth-order valence-corrected chi connectivity index (χ4v) is 4.87. The number of fused-ring (bicyclic) bond motifs is 3. The third-order valence-electron chi connectivity index (χ3n) is 6.21. The zero-order chi connectivity index (χ0) is 22.4. The van der Waals surface area contributed by atoms with Crippen molar-refractivity contribution in [2.75, 3.05) is 41.8 Å². The van der Waals surface area contributed by atoms with Crippen LogP contribution in [0.2, 0.25) is 0 Å². The van der Waals surface area contributed by atoms with E-state index in [1.165, 1.54) is 7.11 Å². The monoisotopic (exact) mass is 441 g/mol. The van der Waals surface area contributed by atoms with Crippen molar-refractivity contribution in [2.45, 2.75) is 5.92 Å². The molecule has 1 saturated heterocycles. The largest absolute Gasteiger partial charge is 0.493 e. The van der Waals surface area contributed by atoms with Crippen LogP contribution in [0.3, 0.4) is 0 Å². The fourth-order valence-electron chi connectivity index (χ4n) is 4.87. The number of ether oxygens (including phenoxy) is 6. The number of methoxy groups -OCH3 is 3. The van der Waals surface area contributed by atoms with Crippen LogP contribution in [-0.2, 0) is 14.4 Å². The highest BCUT2D eigenvalue weighted by molar-refractivity contribution is 6.08. The molecule has 3 atom stereocenters. The number of benzene rings is 2. The average molecular weight is 441 g/mol. The van der Waals surface area contributed by atoms with Crippen molar-refractivity contribution >= 4 is 11.7 Å². The number of carbonyl (C=O) groups excluding carboxylic acids is 1. The maximum atomic E-state index is 13.0. The van der Waals surface area contributed by atoms with Gasteiger partial charge in [-0.1, -0.05) is 5.16 Å². The van der Waals surface area contributed by atoms with Gasteiger partial charge in [-0.25, -0.2) is 0 Å². The molecule has 2 heterocycles. The first-order chi connectivity index (χ1) is 15.6. The summed E-state index contributed by atoms with van der Waals surface area (Å²) >= 11 is 0. The van der Waals surface area contributed by atoms with E-state index in [1.54, 1.807) is 21.3 Å². The van der Waals surface area contributed by atoms with Crippen molar-refractivity contribution in [3.8, 4) is 28.7 Å². The molecule has 0 N–H and O–H groups in total. The van der Waals surface area contributed by atoms with Gasteiger partial charge in [0.25, 0.3) is 0 Å². The van der Waals surface area contributed by atoms with Gasteiger partial charge in [0.15, 0.2) is 23.0 Å². The van der Waals surface area contributed by atoms with Crippen molar-refractivity contribution in [3.05, 3.63) is 41.0 Å². The Labute approximate surface area is 184 Å². The normalized spacial score (nSPS) is 23.9. The summed E-state index contributed by atoms with van der Waals surface area (Å²) in [7, 11) is 6.15. The summed E-state index contributed by atoms with van der Waals surface area (Å²) in [4.78, 5) is 18.1. The van der Waals surface area contributed by atoms with Crippen LogP contribution < -0.4 is 23.7 Å². The summed E-state index contributed by atoms with van der Waals surface area (Å²) in [5.41, 5.74) is 3.17. The number of nitrogens with zero attached hydrogens (tertiary/aromatic N) is 1. The van der Waals surface area contributed by atoms with Crippen molar-refractivity contribution < 1.29 is 38.1 Å². The Balaban J connectivity index is 1.77. The molecule has 0 spiro atoms. The van der Waals surface area contributed by atoms with Gasteiger partial charge in [0, 0.05) is 11.5 Å². The van der Waals surface area contributed by atoms with Gasteiger partial charge in [-0.3, -0.25) is 4.79 Å². The van der Waals surface area contributed by atoms with E-state index in [-0.39, 0.29) is 31.2 Å². The lowest BCUT2D eigenvalue weighted by Crippen LogP contribution is -2.36. The molecule has 2 aliphatic heterocycles. The first-order valence-corrected chi connectivity index (χ1v) is 10.1. The smallest absolute Gasteiger partial charge is 0.310 e. The van der Waals surface area contributed by atoms with Gasteiger partial charge in [-0.2, -0.15) is 0 Å². The van der Waals surface area contributed by atoms with Gasteiger partial charge < -0.3 is 33.3 Å². The average Bonchev–Trinajstić information content (AvgIpc) is 3.43. The van der Waals surface area contributed by atoms with Gasteiger partial charge in [0.1, 0.15) is 13.7 Å². The minimum Gasteiger partial charge on any atom is -0.493 e.